The van der Waals surface area contributed by atoms with Crippen molar-refractivity contribution in [2.45, 2.75) is 11.4 Å². The van der Waals surface area contributed by atoms with Crippen LogP contribution in [0.2, 0.25) is 5.02 Å². The molecule has 0 radical (unpaired) electrons. The highest BCUT2D eigenvalue weighted by Crippen LogP contribution is 2.21. The molecule has 2 aromatic carbocycles. The van der Waals surface area contributed by atoms with Gasteiger partial charge >= 0.3 is 0 Å². The van der Waals surface area contributed by atoms with Gasteiger partial charge in [-0.25, -0.2) is 0 Å². The summed E-state index contributed by atoms with van der Waals surface area (Å²) in [5, 5.41) is 0.401. The van der Waals surface area contributed by atoms with Crippen LogP contribution in [0.15, 0.2) is 47.4 Å². The molecule has 0 unspecified atom stereocenters. The molecule has 5 heteroatoms. The average molecular weight is 321 g/mol. The van der Waals surface area contributed by atoms with E-state index in [0.717, 1.165) is 5.56 Å². The molecule has 0 spiro atoms. The molecule has 0 aromatic heterocycles. The van der Waals surface area contributed by atoms with Crippen LogP contribution < -0.4 is 5.73 Å². The maximum atomic E-state index is 12.4. The number of carbonyl (C=O) groups excluding carboxylic acids is 1. The molecule has 2 N–H and O–H groups in total. The number of halogens is 1. The van der Waals surface area contributed by atoms with Gasteiger partial charge in [-0.2, -0.15) is 0 Å². The molecule has 21 heavy (non-hydrogen) atoms. The van der Waals surface area contributed by atoms with E-state index in [1.807, 2.05) is 18.4 Å². The van der Waals surface area contributed by atoms with E-state index in [9.17, 15) is 4.79 Å². The monoisotopic (exact) mass is 320 g/mol. The van der Waals surface area contributed by atoms with Crippen LogP contribution in [0.5, 0.6) is 0 Å². The molecule has 0 atom stereocenters. The van der Waals surface area contributed by atoms with Crippen LogP contribution in [0, 0.1) is 0 Å². The quantitative estimate of drug-likeness (QED) is 0.686. The van der Waals surface area contributed by atoms with E-state index in [4.69, 9.17) is 17.3 Å². The molecule has 0 heterocycles. The van der Waals surface area contributed by atoms with Gasteiger partial charge in [-0.15, -0.1) is 11.8 Å². The average Bonchev–Trinajstić information content (AvgIpc) is 2.50. The first kappa shape index (κ1) is 15.7. The summed E-state index contributed by atoms with van der Waals surface area (Å²) in [5.41, 5.74) is 7.76. The Balaban J connectivity index is 2.09. The van der Waals surface area contributed by atoms with Crippen LogP contribution in [0.1, 0.15) is 15.9 Å². The van der Waals surface area contributed by atoms with Crippen molar-refractivity contribution in [3.05, 3.63) is 58.6 Å². The van der Waals surface area contributed by atoms with Crippen molar-refractivity contribution < 1.29 is 4.79 Å². The minimum Gasteiger partial charge on any atom is -0.398 e. The third kappa shape index (κ3) is 3.93. The van der Waals surface area contributed by atoms with Crippen molar-refractivity contribution in [1.29, 1.82) is 0 Å². The third-order valence-corrected chi connectivity index (χ3v) is 4.24. The van der Waals surface area contributed by atoms with Gasteiger partial charge in [-0.05, 0) is 42.2 Å². The van der Waals surface area contributed by atoms with Gasteiger partial charge in [0.1, 0.15) is 0 Å². The van der Waals surface area contributed by atoms with Gasteiger partial charge in [-0.1, -0.05) is 23.7 Å². The Kier molecular flexibility index (Phi) is 5.15. The minimum atomic E-state index is -0.0779. The number of rotatable bonds is 4. The first-order valence-electron chi connectivity index (χ1n) is 6.44. The first-order valence-corrected chi connectivity index (χ1v) is 8.05. The number of anilines is 1. The second-order valence-electron chi connectivity index (χ2n) is 4.75. The molecule has 0 saturated heterocycles. The topological polar surface area (TPSA) is 46.3 Å². The van der Waals surface area contributed by atoms with Crippen molar-refractivity contribution in [2.24, 2.45) is 0 Å². The van der Waals surface area contributed by atoms with Gasteiger partial charge in [0.15, 0.2) is 0 Å². The minimum absolute atomic E-state index is 0.0779. The highest BCUT2D eigenvalue weighted by atomic mass is 35.5. The lowest BCUT2D eigenvalue weighted by molar-refractivity contribution is 0.0785. The second kappa shape index (κ2) is 6.87. The van der Waals surface area contributed by atoms with Crippen molar-refractivity contribution in [1.82, 2.24) is 4.90 Å². The summed E-state index contributed by atoms with van der Waals surface area (Å²) in [6.45, 7) is 0.551. The summed E-state index contributed by atoms with van der Waals surface area (Å²) in [7, 11) is 1.77. The van der Waals surface area contributed by atoms with E-state index in [1.54, 1.807) is 41.9 Å². The molecule has 2 aromatic rings. The molecule has 0 aliphatic rings. The maximum Gasteiger partial charge on any atom is 0.253 e. The lowest BCUT2D eigenvalue weighted by Crippen LogP contribution is -2.26. The number of nitrogen functional groups attached to an aromatic ring is 1. The molecule has 0 saturated carbocycles. The molecular formula is C16H17ClN2OS. The van der Waals surface area contributed by atoms with E-state index in [2.05, 4.69) is 12.1 Å². The van der Waals surface area contributed by atoms with Gasteiger partial charge in [-0.3, -0.25) is 4.79 Å². The highest BCUT2D eigenvalue weighted by molar-refractivity contribution is 7.98. The van der Waals surface area contributed by atoms with E-state index >= 15 is 0 Å². The van der Waals surface area contributed by atoms with E-state index in [0.29, 0.717) is 22.8 Å². The standard InChI is InChI=1S/C16H17ClN2OS/c1-19(10-11-3-6-13(21-2)7-4-11)16(20)12-5-8-15(18)14(17)9-12/h3-9H,10,18H2,1-2H3. The Morgan fingerprint density at radius 2 is 1.90 bits per heavy atom. The first-order chi connectivity index (χ1) is 10.0. The molecule has 0 aliphatic heterocycles. The van der Waals surface area contributed by atoms with Gasteiger partial charge in [0.2, 0.25) is 0 Å². The number of nitrogens with zero attached hydrogens (tertiary/aromatic N) is 1. The third-order valence-electron chi connectivity index (χ3n) is 3.17. The van der Waals surface area contributed by atoms with Crippen LogP contribution in [0.25, 0.3) is 0 Å². The van der Waals surface area contributed by atoms with Gasteiger partial charge in [0.25, 0.3) is 5.91 Å². The highest BCUT2D eigenvalue weighted by Gasteiger charge is 2.13. The molecule has 2 rings (SSSR count). The van der Waals surface area contributed by atoms with E-state index in [1.165, 1.54) is 4.90 Å². The number of thioether (sulfide) groups is 1. The summed E-state index contributed by atoms with van der Waals surface area (Å²) in [6.07, 6.45) is 2.04. The van der Waals surface area contributed by atoms with E-state index < -0.39 is 0 Å². The zero-order valence-corrected chi connectivity index (χ0v) is 13.5. The fourth-order valence-corrected chi connectivity index (χ4v) is 2.55. The zero-order chi connectivity index (χ0) is 15.4. The molecule has 0 bridgehead atoms. The summed E-state index contributed by atoms with van der Waals surface area (Å²) in [6, 6.07) is 13.1. The van der Waals surface area contributed by atoms with Gasteiger partial charge in [0.05, 0.1) is 10.7 Å². The van der Waals surface area contributed by atoms with Crippen LogP contribution >= 0.6 is 23.4 Å². The number of amides is 1. The van der Waals surface area contributed by atoms with Crippen molar-refractivity contribution in [3.63, 3.8) is 0 Å². The van der Waals surface area contributed by atoms with Crippen molar-refractivity contribution >= 4 is 35.0 Å². The number of nitrogens with two attached hydrogens (primary N) is 1. The number of carbonyl (C=O) groups is 1. The lowest BCUT2D eigenvalue weighted by atomic mass is 10.1. The Morgan fingerprint density at radius 3 is 2.48 bits per heavy atom. The summed E-state index contributed by atoms with van der Waals surface area (Å²) in [5.74, 6) is -0.0779. The summed E-state index contributed by atoms with van der Waals surface area (Å²) in [4.78, 5) is 15.2. The van der Waals surface area contributed by atoms with Crippen LogP contribution in [0.4, 0.5) is 5.69 Å². The number of hydrogen-bond acceptors (Lipinski definition) is 3. The molecule has 0 fully saturated rings. The zero-order valence-electron chi connectivity index (χ0n) is 12.0. The SMILES string of the molecule is CSc1ccc(CN(C)C(=O)c2ccc(N)c(Cl)c2)cc1. The van der Waals surface area contributed by atoms with Crippen LogP contribution in [-0.2, 0) is 6.54 Å². The predicted octanol–water partition coefficient (Wildman–Crippen LogP) is 3.92. The van der Waals surface area contributed by atoms with Gasteiger partial charge in [0, 0.05) is 24.1 Å². The fourth-order valence-electron chi connectivity index (χ4n) is 1.96. The Hall–Kier alpha value is -1.65. The van der Waals surface area contributed by atoms with Crippen molar-refractivity contribution in [2.75, 3.05) is 19.0 Å². The van der Waals surface area contributed by atoms with Crippen molar-refractivity contribution in [3.8, 4) is 0 Å². The largest absolute Gasteiger partial charge is 0.398 e. The molecule has 1 amide bonds. The predicted molar refractivity (Wildman–Crippen MR) is 89.9 cm³/mol. The molecule has 0 aliphatic carbocycles. The Morgan fingerprint density at radius 1 is 1.24 bits per heavy atom. The van der Waals surface area contributed by atoms with Gasteiger partial charge < -0.3 is 10.6 Å². The molecule has 3 nitrogen and oxygen atoms in total. The lowest BCUT2D eigenvalue weighted by Gasteiger charge is -2.18. The molecular weight excluding hydrogens is 304 g/mol. The molecule has 110 valence electrons. The Bertz CT molecular complexity index is 643. The normalized spacial score (nSPS) is 10.4. The van der Waals surface area contributed by atoms with Crippen LogP contribution in [0.3, 0.4) is 0 Å². The number of hydrogen-bond donors (Lipinski definition) is 1. The Labute approximate surface area is 134 Å². The summed E-state index contributed by atoms with van der Waals surface area (Å²) >= 11 is 7.65. The van der Waals surface area contributed by atoms with E-state index in [-0.39, 0.29) is 5.91 Å². The maximum absolute atomic E-state index is 12.4. The second-order valence-corrected chi connectivity index (χ2v) is 6.03. The fraction of sp³-hybridized carbons (Fsp3) is 0.188. The van der Waals surface area contributed by atoms with Crippen LogP contribution in [-0.4, -0.2) is 24.1 Å². The summed E-state index contributed by atoms with van der Waals surface area (Å²) < 4.78 is 0. The smallest absolute Gasteiger partial charge is 0.253 e. The number of benzene rings is 2.